The monoisotopic (exact) mass is 540 g/mol. The van der Waals surface area contributed by atoms with Crippen LogP contribution in [0.25, 0.3) is 0 Å². The molecule has 39 heavy (non-hydrogen) atoms. The van der Waals surface area contributed by atoms with Crippen molar-refractivity contribution in [2.45, 2.75) is 64.1 Å². The zero-order valence-electron chi connectivity index (χ0n) is 21.7. The minimum Gasteiger partial charge on any atom is -0.480 e. The summed E-state index contributed by atoms with van der Waals surface area (Å²) in [6, 6.07) is 9.90. The second-order valence-corrected chi connectivity index (χ2v) is 10.1. The lowest BCUT2D eigenvalue weighted by Gasteiger charge is -2.32. The van der Waals surface area contributed by atoms with Crippen molar-refractivity contribution < 1.29 is 33.4 Å². The molecule has 1 aliphatic carbocycles. The van der Waals surface area contributed by atoms with Gasteiger partial charge in [-0.2, -0.15) is 0 Å². The Hall–Kier alpha value is -4.15. The van der Waals surface area contributed by atoms with Gasteiger partial charge in [-0.15, -0.1) is 0 Å². The molecule has 4 rings (SSSR count). The Balaban J connectivity index is 1.22. The van der Waals surface area contributed by atoms with Gasteiger partial charge in [0.15, 0.2) is 0 Å². The van der Waals surface area contributed by atoms with Gasteiger partial charge in [0.05, 0.1) is 5.69 Å². The summed E-state index contributed by atoms with van der Waals surface area (Å²) < 4.78 is 19.5. The maximum atomic E-state index is 13.8. The standard InChI is InChI=1S/C28H33FN4O6/c1-17(26(35)36)30-25(34)14-18-6-10-22(11-7-18)39-28(38)33-13-12-19-15-21(9-8-20(19)16-33)31-27(37)32-24-5-3-2-4-23(24)29/h2-5,8-9,15,17-18,22H,6-7,10-14,16H2,1H3,(H,30,34)(H,35,36)(H2,31,32,37)/t17?,18-,22-. The van der Waals surface area contributed by atoms with Crippen molar-refractivity contribution in [3.63, 3.8) is 0 Å². The molecule has 2 aromatic rings. The zero-order valence-corrected chi connectivity index (χ0v) is 21.7. The average Bonchev–Trinajstić information content (AvgIpc) is 2.90. The van der Waals surface area contributed by atoms with Crippen molar-refractivity contribution in [2.75, 3.05) is 17.2 Å². The summed E-state index contributed by atoms with van der Waals surface area (Å²) in [5.41, 5.74) is 2.63. The summed E-state index contributed by atoms with van der Waals surface area (Å²) in [6.45, 7) is 2.31. The van der Waals surface area contributed by atoms with Crippen LogP contribution < -0.4 is 16.0 Å². The molecule has 4 N–H and O–H groups in total. The largest absolute Gasteiger partial charge is 0.480 e. The molecular weight excluding hydrogens is 507 g/mol. The number of rotatable bonds is 7. The first-order valence-corrected chi connectivity index (χ1v) is 13.1. The maximum absolute atomic E-state index is 13.8. The van der Waals surface area contributed by atoms with Crippen LogP contribution in [0.3, 0.4) is 0 Å². The SMILES string of the molecule is CC(NC(=O)C[C@H]1CC[C@H](OC(=O)N2CCc3cc(NC(=O)Nc4ccccc4F)ccc3C2)CC1)C(=O)O. The number of hydrogen-bond acceptors (Lipinski definition) is 5. The van der Waals surface area contributed by atoms with Crippen LogP contribution >= 0.6 is 0 Å². The highest BCUT2D eigenvalue weighted by atomic mass is 19.1. The fourth-order valence-corrected chi connectivity index (χ4v) is 4.93. The average molecular weight is 541 g/mol. The van der Waals surface area contributed by atoms with Gasteiger partial charge in [0.1, 0.15) is 18.0 Å². The molecular formula is C28H33FN4O6. The van der Waals surface area contributed by atoms with Gasteiger partial charge < -0.3 is 30.7 Å². The van der Waals surface area contributed by atoms with E-state index in [1.807, 2.05) is 12.1 Å². The highest BCUT2D eigenvalue weighted by Crippen LogP contribution is 2.30. The molecule has 1 heterocycles. The number of halogens is 1. The van der Waals surface area contributed by atoms with Gasteiger partial charge in [0.25, 0.3) is 0 Å². The number of para-hydroxylation sites is 1. The van der Waals surface area contributed by atoms with E-state index in [1.165, 1.54) is 19.1 Å². The third-order valence-corrected chi connectivity index (χ3v) is 7.14. The number of nitrogens with zero attached hydrogens (tertiary/aromatic N) is 1. The van der Waals surface area contributed by atoms with E-state index in [-0.39, 0.29) is 36.1 Å². The van der Waals surface area contributed by atoms with E-state index in [2.05, 4.69) is 16.0 Å². The molecule has 0 aromatic heterocycles. The van der Waals surface area contributed by atoms with Crippen LogP contribution in [-0.2, 0) is 27.3 Å². The molecule has 0 spiro atoms. The minimum atomic E-state index is -1.07. The quantitative estimate of drug-likeness (QED) is 0.408. The summed E-state index contributed by atoms with van der Waals surface area (Å²) in [5, 5.41) is 16.6. The van der Waals surface area contributed by atoms with Crippen LogP contribution in [0.5, 0.6) is 0 Å². The predicted octanol–water partition coefficient (Wildman–Crippen LogP) is 4.50. The molecule has 2 aliphatic rings. The highest BCUT2D eigenvalue weighted by molar-refractivity contribution is 5.99. The minimum absolute atomic E-state index is 0.0893. The number of hydrogen-bond donors (Lipinski definition) is 4. The van der Waals surface area contributed by atoms with Crippen LogP contribution in [0, 0.1) is 11.7 Å². The molecule has 0 bridgehead atoms. The molecule has 1 aliphatic heterocycles. The van der Waals surface area contributed by atoms with Crippen molar-refractivity contribution in [3.8, 4) is 0 Å². The van der Waals surface area contributed by atoms with E-state index < -0.39 is 23.9 Å². The first kappa shape index (κ1) is 27.9. The Morgan fingerprint density at radius 2 is 1.79 bits per heavy atom. The maximum Gasteiger partial charge on any atom is 0.410 e. The van der Waals surface area contributed by atoms with E-state index >= 15 is 0 Å². The fraction of sp³-hybridized carbons (Fsp3) is 0.429. The Labute approximate surface area is 225 Å². The number of amides is 4. The van der Waals surface area contributed by atoms with Gasteiger partial charge in [-0.1, -0.05) is 18.2 Å². The zero-order chi connectivity index (χ0) is 27.9. The number of fused-ring (bicyclic) bond motifs is 1. The summed E-state index contributed by atoms with van der Waals surface area (Å²) in [6.07, 6.45) is 3.07. The topological polar surface area (TPSA) is 137 Å². The summed E-state index contributed by atoms with van der Waals surface area (Å²) >= 11 is 0. The van der Waals surface area contributed by atoms with Crippen LogP contribution in [0.4, 0.5) is 25.4 Å². The first-order valence-electron chi connectivity index (χ1n) is 13.1. The predicted molar refractivity (Wildman–Crippen MR) is 142 cm³/mol. The number of urea groups is 1. The number of carbonyl (C=O) groups excluding carboxylic acids is 3. The lowest BCUT2D eigenvalue weighted by Crippen LogP contribution is -2.40. The van der Waals surface area contributed by atoms with E-state index in [0.29, 0.717) is 38.0 Å². The third-order valence-electron chi connectivity index (χ3n) is 7.14. The van der Waals surface area contributed by atoms with Crippen LogP contribution in [0.2, 0.25) is 0 Å². The smallest absolute Gasteiger partial charge is 0.410 e. The van der Waals surface area contributed by atoms with E-state index in [9.17, 15) is 23.6 Å². The molecule has 1 saturated carbocycles. The van der Waals surface area contributed by atoms with E-state index in [1.54, 1.807) is 23.1 Å². The van der Waals surface area contributed by atoms with Crippen molar-refractivity contribution in [1.82, 2.24) is 10.2 Å². The molecule has 208 valence electrons. The molecule has 10 nitrogen and oxygen atoms in total. The van der Waals surface area contributed by atoms with Crippen molar-refractivity contribution in [2.24, 2.45) is 5.92 Å². The van der Waals surface area contributed by atoms with Crippen molar-refractivity contribution in [1.29, 1.82) is 0 Å². The normalized spacial score (nSPS) is 19.3. The molecule has 1 atom stereocenters. The first-order chi connectivity index (χ1) is 18.7. The molecule has 1 unspecified atom stereocenters. The van der Waals surface area contributed by atoms with Crippen LogP contribution in [-0.4, -0.2) is 52.7 Å². The molecule has 0 radical (unpaired) electrons. The lowest BCUT2D eigenvalue weighted by molar-refractivity contribution is -0.141. The number of carbonyl (C=O) groups is 4. The Kier molecular flexibility index (Phi) is 9.00. The molecule has 11 heteroatoms. The van der Waals surface area contributed by atoms with Crippen molar-refractivity contribution in [3.05, 3.63) is 59.4 Å². The summed E-state index contributed by atoms with van der Waals surface area (Å²) in [7, 11) is 0. The molecule has 2 aromatic carbocycles. The second-order valence-electron chi connectivity index (χ2n) is 10.1. The van der Waals surface area contributed by atoms with E-state index in [0.717, 1.165) is 24.0 Å². The van der Waals surface area contributed by atoms with Crippen LogP contribution in [0.1, 0.15) is 50.2 Å². The number of carboxylic acids is 1. The molecule has 0 saturated heterocycles. The van der Waals surface area contributed by atoms with Gasteiger partial charge in [0, 0.05) is 25.2 Å². The molecule has 4 amide bonds. The highest BCUT2D eigenvalue weighted by Gasteiger charge is 2.29. The number of anilines is 2. The Bertz CT molecular complexity index is 1230. The van der Waals surface area contributed by atoms with E-state index in [4.69, 9.17) is 9.84 Å². The lowest BCUT2D eigenvalue weighted by atomic mass is 9.85. The van der Waals surface area contributed by atoms with Gasteiger partial charge >= 0.3 is 18.1 Å². The van der Waals surface area contributed by atoms with Gasteiger partial charge in [0.2, 0.25) is 5.91 Å². The number of aliphatic carboxylic acids is 1. The second kappa shape index (κ2) is 12.6. The number of benzene rings is 2. The van der Waals surface area contributed by atoms with Gasteiger partial charge in [-0.25, -0.2) is 14.0 Å². The molecule has 1 fully saturated rings. The Morgan fingerprint density at radius 1 is 1.05 bits per heavy atom. The Morgan fingerprint density at radius 3 is 2.51 bits per heavy atom. The van der Waals surface area contributed by atoms with Crippen LogP contribution in [0.15, 0.2) is 42.5 Å². The number of nitrogens with one attached hydrogen (secondary N) is 3. The fourth-order valence-electron chi connectivity index (χ4n) is 4.93. The third kappa shape index (κ3) is 7.68. The van der Waals surface area contributed by atoms with Gasteiger partial charge in [-0.05, 0) is 80.3 Å². The number of ether oxygens (including phenoxy) is 1. The summed E-state index contributed by atoms with van der Waals surface area (Å²) in [5.74, 6) is -1.73. The van der Waals surface area contributed by atoms with Gasteiger partial charge in [-0.3, -0.25) is 9.59 Å². The van der Waals surface area contributed by atoms with Crippen molar-refractivity contribution >= 4 is 35.4 Å². The summed E-state index contributed by atoms with van der Waals surface area (Å²) in [4.78, 5) is 49.7. The number of carboxylic acid groups (broad SMARTS) is 1.